The summed E-state index contributed by atoms with van der Waals surface area (Å²) < 4.78 is 63.4. The minimum absolute atomic E-state index is 0.00461. The number of hydrogen-bond donors (Lipinski definition) is 2. The third-order valence-corrected chi connectivity index (χ3v) is 6.63. The van der Waals surface area contributed by atoms with Gasteiger partial charge in [-0.15, -0.1) is 0 Å². The Balaban J connectivity index is 1.54. The number of anilines is 3. The van der Waals surface area contributed by atoms with Crippen molar-refractivity contribution in [3.63, 3.8) is 0 Å². The van der Waals surface area contributed by atoms with Crippen molar-refractivity contribution < 1.29 is 22.3 Å². The van der Waals surface area contributed by atoms with Crippen LogP contribution in [-0.4, -0.2) is 44.9 Å². The molecule has 2 aliphatic rings. The van der Waals surface area contributed by atoms with Gasteiger partial charge in [-0.2, -0.15) is 4.98 Å². The van der Waals surface area contributed by atoms with E-state index < -0.39 is 35.4 Å². The van der Waals surface area contributed by atoms with Gasteiger partial charge in [0.05, 0.1) is 18.8 Å². The van der Waals surface area contributed by atoms with Crippen LogP contribution in [0.1, 0.15) is 45.1 Å². The van der Waals surface area contributed by atoms with Crippen LogP contribution >= 0.6 is 0 Å². The summed E-state index contributed by atoms with van der Waals surface area (Å²) >= 11 is 0. The summed E-state index contributed by atoms with van der Waals surface area (Å²) in [4.78, 5) is 13.4. The molecular formula is C23H26F4N6O. The molecule has 2 atom stereocenters. The molecule has 1 saturated heterocycles. The van der Waals surface area contributed by atoms with Gasteiger partial charge in [-0.25, -0.2) is 27.5 Å². The lowest BCUT2D eigenvalue weighted by Crippen LogP contribution is -2.39. The van der Waals surface area contributed by atoms with Crippen LogP contribution in [0.4, 0.5) is 35.1 Å². The number of benzene rings is 1. The van der Waals surface area contributed by atoms with E-state index in [1.165, 1.54) is 6.20 Å². The molecule has 7 nitrogen and oxygen atoms in total. The topological polar surface area (TPSA) is 76.9 Å². The molecule has 11 heteroatoms. The molecule has 1 saturated carbocycles. The molecule has 1 aliphatic carbocycles. The fourth-order valence-corrected chi connectivity index (χ4v) is 4.70. The highest BCUT2D eigenvalue weighted by atomic mass is 19.1. The first-order valence-corrected chi connectivity index (χ1v) is 11.5. The lowest BCUT2D eigenvalue weighted by atomic mass is 9.87. The second-order valence-corrected chi connectivity index (χ2v) is 9.12. The van der Waals surface area contributed by atoms with E-state index in [0.29, 0.717) is 42.2 Å². The molecule has 0 bridgehead atoms. The summed E-state index contributed by atoms with van der Waals surface area (Å²) in [7, 11) is 0. The van der Waals surface area contributed by atoms with Gasteiger partial charge < -0.3 is 15.4 Å². The minimum Gasteiger partial charge on any atom is -0.378 e. The summed E-state index contributed by atoms with van der Waals surface area (Å²) in [5.41, 5.74) is 0.416. The fraction of sp³-hybridized carbons (Fsp3) is 0.522. The quantitative estimate of drug-likeness (QED) is 0.486. The lowest BCUT2D eigenvalue weighted by molar-refractivity contribution is 0.0284. The van der Waals surface area contributed by atoms with Crippen molar-refractivity contribution in [3.05, 3.63) is 35.8 Å². The van der Waals surface area contributed by atoms with Crippen LogP contribution in [0.25, 0.3) is 11.2 Å². The van der Waals surface area contributed by atoms with Gasteiger partial charge in [0.25, 0.3) is 0 Å². The second kappa shape index (κ2) is 9.36. The van der Waals surface area contributed by atoms with Gasteiger partial charge in [0.1, 0.15) is 23.2 Å². The molecule has 2 N–H and O–H groups in total. The Kier molecular flexibility index (Phi) is 6.28. The summed E-state index contributed by atoms with van der Waals surface area (Å²) in [6, 6.07) is 0.751. The first-order chi connectivity index (χ1) is 16.4. The normalized spacial score (nSPS) is 25.4. The van der Waals surface area contributed by atoms with E-state index in [-0.39, 0.29) is 24.5 Å². The Morgan fingerprint density at radius 2 is 1.76 bits per heavy atom. The highest BCUT2D eigenvalue weighted by molar-refractivity contribution is 5.76. The van der Waals surface area contributed by atoms with E-state index in [1.807, 2.05) is 4.57 Å². The van der Waals surface area contributed by atoms with Crippen molar-refractivity contribution in [2.45, 2.75) is 57.3 Å². The van der Waals surface area contributed by atoms with Gasteiger partial charge in [0.15, 0.2) is 17.3 Å². The van der Waals surface area contributed by atoms with Gasteiger partial charge in [-0.1, -0.05) is 6.92 Å². The second-order valence-electron chi connectivity index (χ2n) is 9.12. The molecule has 3 aromatic rings. The highest BCUT2D eigenvalue weighted by Gasteiger charge is 2.28. The van der Waals surface area contributed by atoms with E-state index in [4.69, 9.17) is 4.74 Å². The lowest BCUT2D eigenvalue weighted by Gasteiger charge is -2.29. The molecular weight excluding hydrogens is 452 g/mol. The number of imidazole rings is 1. The largest absolute Gasteiger partial charge is 0.378 e. The van der Waals surface area contributed by atoms with Crippen LogP contribution in [0, 0.1) is 23.4 Å². The Labute approximate surface area is 193 Å². The van der Waals surface area contributed by atoms with Crippen molar-refractivity contribution in [3.8, 4) is 0 Å². The maximum absolute atomic E-state index is 14.4. The summed E-state index contributed by atoms with van der Waals surface area (Å²) in [5.74, 6) is -2.10. The zero-order chi connectivity index (χ0) is 23.8. The maximum Gasteiger partial charge on any atom is 0.225 e. The van der Waals surface area contributed by atoms with Crippen molar-refractivity contribution in [1.82, 2.24) is 19.5 Å². The van der Waals surface area contributed by atoms with Crippen molar-refractivity contribution in [2.24, 2.45) is 5.92 Å². The molecule has 2 fully saturated rings. The predicted molar refractivity (Wildman–Crippen MR) is 119 cm³/mol. The molecule has 1 aliphatic heterocycles. The molecule has 0 radical (unpaired) electrons. The van der Waals surface area contributed by atoms with E-state index in [9.17, 15) is 17.6 Å². The maximum atomic E-state index is 14.4. The molecule has 34 heavy (non-hydrogen) atoms. The average molecular weight is 478 g/mol. The molecule has 1 aromatic carbocycles. The molecule has 182 valence electrons. The van der Waals surface area contributed by atoms with E-state index in [0.717, 1.165) is 25.7 Å². The number of aromatic nitrogens is 4. The standard InChI is InChI=1S/C23H26F4N6O/c1-12-2-4-14(5-3-12)33-21-19(10-28-22(32-21)29-18-6-7-34-11-17(18)27)30-23(33)31-20-15(25)8-13(24)9-16(20)26/h8-10,12,14,17-18H,2-7,11H2,1H3,(H,30,31)(H,28,29,32)/t12?,14?,17-,18+/m1/s1. The number of alkyl halides is 1. The molecule has 2 aromatic heterocycles. The summed E-state index contributed by atoms with van der Waals surface area (Å²) in [5, 5.41) is 5.76. The Morgan fingerprint density at radius 1 is 1.03 bits per heavy atom. The Morgan fingerprint density at radius 3 is 2.47 bits per heavy atom. The summed E-state index contributed by atoms with van der Waals surface area (Å²) in [6.07, 6.45) is 4.47. The number of nitrogens with zero attached hydrogens (tertiary/aromatic N) is 4. The van der Waals surface area contributed by atoms with Crippen molar-refractivity contribution in [2.75, 3.05) is 23.8 Å². The van der Waals surface area contributed by atoms with Crippen LogP contribution in [0.5, 0.6) is 0 Å². The number of fused-ring (bicyclic) bond motifs is 1. The Hall–Kier alpha value is -2.95. The summed E-state index contributed by atoms with van der Waals surface area (Å²) in [6.45, 7) is 2.65. The first kappa shape index (κ1) is 22.8. The number of nitrogens with one attached hydrogen (secondary N) is 2. The zero-order valence-electron chi connectivity index (χ0n) is 18.7. The van der Waals surface area contributed by atoms with E-state index in [2.05, 4.69) is 32.5 Å². The van der Waals surface area contributed by atoms with Crippen LogP contribution in [0.3, 0.4) is 0 Å². The minimum atomic E-state index is -1.18. The van der Waals surface area contributed by atoms with Crippen LogP contribution < -0.4 is 10.6 Å². The Bertz CT molecular complexity index is 1160. The van der Waals surface area contributed by atoms with Crippen LogP contribution in [-0.2, 0) is 4.74 Å². The van der Waals surface area contributed by atoms with Gasteiger partial charge >= 0.3 is 0 Å². The number of halogens is 4. The number of hydrogen-bond acceptors (Lipinski definition) is 6. The zero-order valence-corrected chi connectivity index (χ0v) is 18.7. The fourth-order valence-electron chi connectivity index (χ4n) is 4.70. The monoisotopic (exact) mass is 478 g/mol. The molecule has 0 spiro atoms. The first-order valence-electron chi connectivity index (χ1n) is 11.5. The van der Waals surface area contributed by atoms with Gasteiger partial charge in [-0.3, -0.25) is 4.57 Å². The molecule has 0 unspecified atom stereocenters. The SMILES string of the molecule is CC1CCC(n2c(Nc3c(F)cc(F)cc3F)nc3cnc(N[C@H]4CCOC[C@H]4F)nc32)CC1. The van der Waals surface area contributed by atoms with Crippen LogP contribution in [0.15, 0.2) is 18.3 Å². The van der Waals surface area contributed by atoms with E-state index >= 15 is 0 Å². The smallest absolute Gasteiger partial charge is 0.225 e. The third kappa shape index (κ3) is 4.53. The number of rotatable bonds is 5. The van der Waals surface area contributed by atoms with Gasteiger partial charge in [-0.05, 0) is 38.0 Å². The number of ether oxygens (including phenoxy) is 1. The third-order valence-electron chi connectivity index (χ3n) is 6.63. The van der Waals surface area contributed by atoms with E-state index in [1.54, 1.807) is 0 Å². The van der Waals surface area contributed by atoms with Crippen molar-refractivity contribution >= 4 is 28.7 Å². The van der Waals surface area contributed by atoms with Gasteiger partial charge in [0.2, 0.25) is 11.9 Å². The predicted octanol–water partition coefficient (Wildman–Crippen LogP) is 5.28. The molecule has 3 heterocycles. The van der Waals surface area contributed by atoms with Gasteiger partial charge in [0, 0.05) is 24.8 Å². The molecule has 5 rings (SSSR count). The average Bonchev–Trinajstić information content (AvgIpc) is 3.16. The van der Waals surface area contributed by atoms with Crippen LogP contribution in [0.2, 0.25) is 0 Å². The van der Waals surface area contributed by atoms with Crippen molar-refractivity contribution in [1.29, 1.82) is 0 Å². The highest BCUT2D eigenvalue weighted by Crippen LogP contribution is 2.37. The molecule has 0 amide bonds.